The minimum absolute atomic E-state index is 0.434. The number of imidazole rings is 1. The topological polar surface area (TPSA) is 78.4 Å². The zero-order valence-corrected chi connectivity index (χ0v) is 17.5. The average Bonchev–Trinajstić information content (AvgIpc) is 3.13. The number of carbonyl (C=O) groups is 1. The summed E-state index contributed by atoms with van der Waals surface area (Å²) in [6.45, 7) is 1.64. The lowest BCUT2D eigenvalue weighted by Gasteiger charge is -2.12. The van der Waals surface area contributed by atoms with E-state index in [0.29, 0.717) is 26.8 Å². The first-order valence-electron chi connectivity index (χ1n) is 9.15. The molecule has 0 amide bonds. The highest BCUT2D eigenvalue weighted by atomic mass is 35.5. The highest BCUT2D eigenvalue weighted by Gasteiger charge is 2.20. The first kappa shape index (κ1) is 20.0. The summed E-state index contributed by atoms with van der Waals surface area (Å²) in [5, 5.41) is 20.0. The molecule has 2 heterocycles. The molecule has 5 nitrogen and oxygen atoms in total. The Morgan fingerprint density at radius 2 is 1.97 bits per heavy atom. The second kappa shape index (κ2) is 8.23. The van der Waals surface area contributed by atoms with E-state index >= 15 is 0 Å². The third kappa shape index (κ3) is 3.78. The molecule has 2 aromatic heterocycles. The van der Waals surface area contributed by atoms with E-state index in [-0.39, 0.29) is 0 Å². The van der Waals surface area contributed by atoms with Crippen LogP contribution in [0.15, 0.2) is 59.6 Å². The van der Waals surface area contributed by atoms with Gasteiger partial charge in [0.1, 0.15) is 16.9 Å². The number of carboxylic acid groups (broad SMARTS) is 1. The number of aliphatic carboxylic acids is 1. The standard InChI is InChI=1S/C23H16ClN3O2S/c1-14(23(28)29)30-21-12-16(9-6-15-7-10-17(24)11-8-15)18(13-25)22-26-19-4-2-3-5-20(19)27(21)22/h2-12,14H,1H3,(H,28,29)/b9-6+. The summed E-state index contributed by atoms with van der Waals surface area (Å²) in [4.78, 5) is 16.1. The first-order chi connectivity index (χ1) is 14.5. The van der Waals surface area contributed by atoms with Crippen molar-refractivity contribution in [2.75, 3.05) is 0 Å². The van der Waals surface area contributed by atoms with Crippen LogP contribution in [0, 0.1) is 11.3 Å². The van der Waals surface area contributed by atoms with Crippen LogP contribution in [0.2, 0.25) is 5.02 Å². The maximum absolute atomic E-state index is 11.5. The molecule has 0 saturated heterocycles. The van der Waals surface area contributed by atoms with E-state index in [1.54, 1.807) is 19.1 Å². The molecule has 30 heavy (non-hydrogen) atoms. The number of rotatable bonds is 5. The quantitative estimate of drug-likeness (QED) is 0.405. The third-order valence-electron chi connectivity index (χ3n) is 4.65. The van der Waals surface area contributed by atoms with Gasteiger partial charge in [-0.2, -0.15) is 5.26 Å². The maximum atomic E-state index is 11.5. The normalized spacial score (nSPS) is 12.4. The summed E-state index contributed by atoms with van der Waals surface area (Å²) in [6, 6.07) is 19.0. The van der Waals surface area contributed by atoms with E-state index in [1.165, 1.54) is 11.8 Å². The summed E-state index contributed by atoms with van der Waals surface area (Å²) in [7, 11) is 0. The van der Waals surface area contributed by atoms with Gasteiger partial charge in [-0.3, -0.25) is 9.20 Å². The molecule has 0 aliphatic heterocycles. The van der Waals surface area contributed by atoms with Crippen molar-refractivity contribution >= 4 is 58.2 Å². The maximum Gasteiger partial charge on any atom is 0.316 e. The predicted octanol–water partition coefficient (Wildman–Crippen LogP) is 5.75. The van der Waals surface area contributed by atoms with Crippen LogP contribution in [-0.4, -0.2) is 25.7 Å². The molecule has 0 spiro atoms. The molecule has 148 valence electrons. The van der Waals surface area contributed by atoms with E-state index in [4.69, 9.17) is 11.6 Å². The Kier molecular flexibility index (Phi) is 5.49. The molecule has 1 atom stereocenters. The third-order valence-corrected chi connectivity index (χ3v) is 6.00. The van der Waals surface area contributed by atoms with E-state index in [2.05, 4.69) is 11.1 Å². The van der Waals surface area contributed by atoms with E-state index in [9.17, 15) is 15.2 Å². The Bertz CT molecular complexity index is 1340. The number of fused-ring (bicyclic) bond motifs is 3. The van der Waals surface area contributed by atoms with Crippen molar-refractivity contribution in [2.24, 2.45) is 0 Å². The van der Waals surface area contributed by atoms with Crippen molar-refractivity contribution in [1.29, 1.82) is 5.26 Å². The summed E-state index contributed by atoms with van der Waals surface area (Å²) in [5.74, 6) is -0.903. The van der Waals surface area contributed by atoms with Crippen LogP contribution in [0.3, 0.4) is 0 Å². The highest BCUT2D eigenvalue weighted by molar-refractivity contribution is 8.00. The Balaban J connectivity index is 1.93. The second-order valence-corrected chi connectivity index (χ2v) is 8.46. The zero-order valence-electron chi connectivity index (χ0n) is 15.9. The number of nitriles is 1. The Labute approximate surface area is 182 Å². The number of benzene rings is 2. The molecule has 0 aliphatic carbocycles. The van der Waals surface area contributed by atoms with Gasteiger partial charge in [-0.1, -0.05) is 59.8 Å². The Morgan fingerprint density at radius 1 is 1.23 bits per heavy atom. The fraction of sp³-hybridized carbons (Fsp3) is 0.0870. The monoisotopic (exact) mass is 433 g/mol. The van der Waals surface area contributed by atoms with Gasteiger partial charge in [0, 0.05) is 5.02 Å². The lowest BCUT2D eigenvalue weighted by atomic mass is 10.1. The van der Waals surface area contributed by atoms with Crippen molar-refractivity contribution in [3.05, 3.63) is 76.3 Å². The largest absolute Gasteiger partial charge is 0.480 e. The van der Waals surface area contributed by atoms with E-state index in [0.717, 1.165) is 16.6 Å². The number of aromatic nitrogens is 2. The van der Waals surface area contributed by atoms with E-state index in [1.807, 2.05) is 59.0 Å². The van der Waals surface area contributed by atoms with Gasteiger partial charge in [-0.25, -0.2) is 4.98 Å². The highest BCUT2D eigenvalue weighted by Crippen LogP contribution is 2.32. The number of nitrogens with zero attached hydrogens (tertiary/aromatic N) is 3. The van der Waals surface area contributed by atoms with Gasteiger partial charge >= 0.3 is 5.97 Å². The fourth-order valence-electron chi connectivity index (χ4n) is 3.14. The number of hydrogen-bond donors (Lipinski definition) is 1. The first-order valence-corrected chi connectivity index (χ1v) is 10.4. The number of para-hydroxylation sites is 2. The molecule has 0 aliphatic rings. The molecule has 4 aromatic rings. The van der Waals surface area contributed by atoms with Gasteiger partial charge < -0.3 is 5.11 Å². The molecule has 2 aromatic carbocycles. The van der Waals surface area contributed by atoms with Crippen molar-refractivity contribution < 1.29 is 9.90 Å². The molecular weight excluding hydrogens is 418 g/mol. The minimum Gasteiger partial charge on any atom is -0.480 e. The lowest BCUT2D eigenvalue weighted by Crippen LogP contribution is -2.12. The predicted molar refractivity (Wildman–Crippen MR) is 121 cm³/mol. The molecule has 1 unspecified atom stereocenters. The van der Waals surface area contributed by atoms with Crippen molar-refractivity contribution in [2.45, 2.75) is 17.2 Å². The molecule has 0 saturated carbocycles. The van der Waals surface area contributed by atoms with E-state index < -0.39 is 11.2 Å². The van der Waals surface area contributed by atoms with Crippen molar-refractivity contribution in [3.8, 4) is 6.07 Å². The summed E-state index contributed by atoms with van der Waals surface area (Å²) >= 11 is 7.17. The fourth-order valence-corrected chi connectivity index (χ4v) is 4.21. The SMILES string of the molecule is CC(Sc1cc(/C=C/c2ccc(Cl)cc2)c(C#N)c2nc3ccccc3n12)C(=O)O. The molecule has 1 N–H and O–H groups in total. The van der Waals surface area contributed by atoms with Crippen LogP contribution in [0.1, 0.15) is 23.6 Å². The second-order valence-electron chi connectivity index (χ2n) is 6.67. The van der Waals surface area contributed by atoms with Crippen LogP contribution in [0.5, 0.6) is 0 Å². The Hall–Kier alpha value is -3.27. The van der Waals surface area contributed by atoms with Crippen LogP contribution in [0.25, 0.3) is 28.8 Å². The molecule has 0 radical (unpaired) electrons. The van der Waals surface area contributed by atoms with Gasteiger partial charge in [0.15, 0.2) is 5.65 Å². The van der Waals surface area contributed by atoms with Crippen LogP contribution in [-0.2, 0) is 4.79 Å². The zero-order chi connectivity index (χ0) is 21.3. The number of carboxylic acids is 1. The smallest absolute Gasteiger partial charge is 0.316 e. The van der Waals surface area contributed by atoms with Crippen LogP contribution in [0.4, 0.5) is 0 Å². The Morgan fingerprint density at radius 3 is 2.67 bits per heavy atom. The van der Waals surface area contributed by atoms with Gasteiger partial charge in [-0.05, 0) is 48.4 Å². The molecular formula is C23H16ClN3O2S. The molecule has 4 rings (SSSR count). The summed E-state index contributed by atoms with van der Waals surface area (Å²) in [6.07, 6.45) is 3.73. The minimum atomic E-state index is -0.903. The van der Waals surface area contributed by atoms with Gasteiger partial charge in [0.05, 0.1) is 16.1 Å². The van der Waals surface area contributed by atoms with Crippen molar-refractivity contribution in [3.63, 3.8) is 0 Å². The number of pyridine rings is 1. The molecule has 0 bridgehead atoms. The van der Waals surface area contributed by atoms with Gasteiger partial charge in [0.2, 0.25) is 0 Å². The van der Waals surface area contributed by atoms with Crippen LogP contribution < -0.4 is 0 Å². The van der Waals surface area contributed by atoms with Gasteiger partial charge in [0.25, 0.3) is 0 Å². The van der Waals surface area contributed by atoms with Crippen LogP contribution >= 0.6 is 23.4 Å². The van der Waals surface area contributed by atoms with Gasteiger partial charge in [-0.15, -0.1) is 0 Å². The summed E-state index contributed by atoms with van der Waals surface area (Å²) in [5.41, 5.74) is 4.14. The summed E-state index contributed by atoms with van der Waals surface area (Å²) < 4.78 is 1.86. The number of thioether (sulfide) groups is 1. The van der Waals surface area contributed by atoms with Crippen molar-refractivity contribution in [1.82, 2.24) is 9.38 Å². The molecule has 0 fully saturated rings. The number of hydrogen-bond acceptors (Lipinski definition) is 4. The number of halogens is 1. The molecule has 7 heteroatoms. The lowest BCUT2D eigenvalue weighted by molar-refractivity contribution is -0.136. The average molecular weight is 434 g/mol.